The number of H-pyrrole nitrogens is 1. The molecule has 0 amide bonds. The van der Waals surface area contributed by atoms with E-state index in [1.165, 1.54) is 0 Å². The molecule has 3 heterocycles. The van der Waals surface area contributed by atoms with Crippen molar-refractivity contribution in [1.29, 1.82) is 0 Å². The second-order valence-corrected chi connectivity index (χ2v) is 6.82. The highest BCUT2D eigenvalue weighted by Crippen LogP contribution is 2.22. The zero-order valence-electron chi connectivity index (χ0n) is 10.5. The first kappa shape index (κ1) is 12.2. The maximum atomic E-state index is 11.4. The van der Waals surface area contributed by atoms with E-state index in [1.807, 2.05) is 17.9 Å². The molecule has 1 N–H and O–H groups in total. The van der Waals surface area contributed by atoms with Crippen molar-refractivity contribution in [2.45, 2.75) is 6.92 Å². The van der Waals surface area contributed by atoms with Crippen molar-refractivity contribution in [3.8, 4) is 11.4 Å². The summed E-state index contributed by atoms with van der Waals surface area (Å²) in [6, 6.07) is 1.82. The number of rotatable bonds is 2. The quantitative estimate of drug-likeness (QED) is 0.867. The summed E-state index contributed by atoms with van der Waals surface area (Å²) in [7, 11) is -2.89. The Morgan fingerprint density at radius 2 is 2.11 bits per heavy atom. The van der Waals surface area contributed by atoms with E-state index in [0.29, 0.717) is 24.9 Å². The molecule has 2 aromatic heterocycles. The third kappa shape index (κ3) is 2.35. The minimum atomic E-state index is -2.89. The van der Waals surface area contributed by atoms with E-state index in [1.54, 1.807) is 6.26 Å². The Bertz CT molecular complexity index is 674. The molecule has 0 atom stereocenters. The predicted molar refractivity (Wildman–Crippen MR) is 69.7 cm³/mol. The van der Waals surface area contributed by atoms with Gasteiger partial charge >= 0.3 is 0 Å². The normalized spacial score (nSPS) is 18.7. The van der Waals surface area contributed by atoms with E-state index in [2.05, 4.69) is 15.2 Å². The first-order valence-corrected chi connectivity index (χ1v) is 7.79. The fourth-order valence-electron chi connectivity index (χ4n) is 2.06. The lowest BCUT2D eigenvalue weighted by atomic mass is 10.2. The Hall–Kier alpha value is -1.83. The Morgan fingerprint density at radius 3 is 2.74 bits per heavy atom. The van der Waals surface area contributed by atoms with Gasteiger partial charge in [-0.05, 0) is 13.0 Å². The highest BCUT2D eigenvalue weighted by Gasteiger charge is 2.24. The molecule has 0 saturated carbocycles. The lowest BCUT2D eigenvalue weighted by Crippen LogP contribution is -2.40. The van der Waals surface area contributed by atoms with Crippen LogP contribution in [0.2, 0.25) is 0 Å². The van der Waals surface area contributed by atoms with Crippen molar-refractivity contribution >= 4 is 15.8 Å². The summed E-state index contributed by atoms with van der Waals surface area (Å²) >= 11 is 0. The van der Waals surface area contributed by atoms with E-state index in [9.17, 15) is 8.42 Å². The number of aromatic amines is 1. The third-order valence-electron chi connectivity index (χ3n) is 3.21. The molecule has 1 fully saturated rings. The molecule has 1 aliphatic heterocycles. The molecule has 0 unspecified atom stereocenters. The molecule has 7 nitrogen and oxygen atoms in total. The van der Waals surface area contributed by atoms with Crippen molar-refractivity contribution in [2.24, 2.45) is 0 Å². The van der Waals surface area contributed by atoms with Gasteiger partial charge in [0.05, 0.1) is 23.3 Å². The molecule has 102 valence electrons. The molecular weight excluding hydrogens is 268 g/mol. The van der Waals surface area contributed by atoms with Crippen LogP contribution in [-0.2, 0) is 9.84 Å². The highest BCUT2D eigenvalue weighted by atomic mass is 32.2. The van der Waals surface area contributed by atoms with Crippen LogP contribution in [0.25, 0.3) is 11.4 Å². The Kier molecular flexibility index (Phi) is 2.81. The van der Waals surface area contributed by atoms with Crippen molar-refractivity contribution < 1.29 is 12.8 Å². The van der Waals surface area contributed by atoms with Gasteiger partial charge in [0.25, 0.3) is 0 Å². The lowest BCUT2D eigenvalue weighted by Gasteiger charge is -2.25. The molecule has 1 saturated heterocycles. The van der Waals surface area contributed by atoms with Crippen LogP contribution in [-0.4, -0.2) is 48.2 Å². The molecule has 8 heteroatoms. The van der Waals surface area contributed by atoms with E-state index in [0.717, 1.165) is 11.3 Å². The molecule has 0 aromatic carbocycles. The summed E-state index contributed by atoms with van der Waals surface area (Å²) in [6.07, 6.45) is 1.60. The average molecular weight is 282 g/mol. The van der Waals surface area contributed by atoms with E-state index in [-0.39, 0.29) is 11.5 Å². The smallest absolute Gasteiger partial charge is 0.245 e. The standard InChI is InChI=1S/C11H14N4O3S/c1-8-9(2-5-18-8)10-12-11(14-13-10)15-3-6-19(16,17)7-4-15/h2,5H,3-4,6-7H2,1H3,(H,12,13,14). The van der Waals surface area contributed by atoms with Crippen molar-refractivity contribution in [1.82, 2.24) is 15.2 Å². The van der Waals surface area contributed by atoms with Crippen LogP contribution >= 0.6 is 0 Å². The summed E-state index contributed by atoms with van der Waals surface area (Å²) in [6.45, 7) is 2.72. The summed E-state index contributed by atoms with van der Waals surface area (Å²) < 4.78 is 28.0. The number of nitrogens with zero attached hydrogens (tertiary/aromatic N) is 3. The van der Waals surface area contributed by atoms with Crippen molar-refractivity contribution in [3.05, 3.63) is 18.1 Å². The largest absolute Gasteiger partial charge is 0.469 e. The zero-order chi connectivity index (χ0) is 13.5. The molecule has 0 radical (unpaired) electrons. The maximum absolute atomic E-state index is 11.4. The second-order valence-electron chi connectivity index (χ2n) is 4.51. The molecule has 1 aliphatic rings. The van der Waals surface area contributed by atoms with Gasteiger partial charge in [-0.25, -0.2) is 8.42 Å². The van der Waals surface area contributed by atoms with Gasteiger partial charge in [0.2, 0.25) is 5.95 Å². The third-order valence-corrected chi connectivity index (χ3v) is 4.82. The fraction of sp³-hybridized carbons (Fsp3) is 0.455. The van der Waals surface area contributed by atoms with E-state index >= 15 is 0 Å². The van der Waals surface area contributed by atoms with Crippen LogP contribution in [0, 0.1) is 6.92 Å². The number of furan rings is 1. The minimum absolute atomic E-state index is 0.154. The molecule has 0 spiro atoms. The summed E-state index contributed by atoms with van der Waals surface area (Å²) in [4.78, 5) is 6.26. The van der Waals surface area contributed by atoms with Gasteiger partial charge in [0.1, 0.15) is 5.76 Å². The van der Waals surface area contributed by atoms with E-state index < -0.39 is 9.84 Å². The molecule has 0 bridgehead atoms. The number of sulfone groups is 1. The maximum Gasteiger partial charge on any atom is 0.245 e. The molecular formula is C11H14N4O3S. The van der Waals surface area contributed by atoms with Crippen molar-refractivity contribution in [2.75, 3.05) is 29.5 Å². The predicted octanol–water partition coefficient (Wildman–Crippen LogP) is 0.608. The van der Waals surface area contributed by atoms with Crippen LogP contribution in [0.3, 0.4) is 0 Å². The Morgan fingerprint density at radius 1 is 1.37 bits per heavy atom. The molecule has 19 heavy (non-hydrogen) atoms. The van der Waals surface area contributed by atoms with Crippen LogP contribution < -0.4 is 4.90 Å². The SMILES string of the molecule is Cc1occc1-c1nc(N2CCS(=O)(=O)CC2)n[nH]1. The second kappa shape index (κ2) is 4.37. The van der Waals surface area contributed by atoms with Crippen LogP contribution in [0.1, 0.15) is 5.76 Å². The highest BCUT2D eigenvalue weighted by molar-refractivity contribution is 7.91. The summed E-state index contributed by atoms with van der Waals surface area (Å²) in [5.74, 6) is 2.24. The van der Waals surface area contributed by atoms with Gasteiger partial charge in [-0.1, -0.05) is 0 Å². The number of nitrogens with one attached hydrogen (secondary N) is 1. The van der Waals surface area contributed by atoms with Gasteiger partial charge in [-0.3, -0.25) is 5.10 Å². The summed E-state index contributed by atoms with van der Waals surface area (Å²) in [5.41, 5.74) is 0.864. The summed E-state index contributed by atoms with van der Waals surface area (Å²) in [5, 5.41) is 6.99. The first-order chi connectivity index (χ1) is 9.05. The van der Waals surface area contributed by atoms with Crippen LogP contribution in [0.5, 0.6) is 0 Å². The Labute approximate surface area is 110 Å². The fourth-order valence-corrected chi connectivity index (χ4v) is 3.26. The first-order valence-electron chi connectivity index (χ1n) is 5.97. The molecule has 0 aliphatic carbocycles. The van der Waals surface area contributed by atoms with Gasteiger partial charge in [-0.15, -0.1) is 5.10 Å². The van der Waals surface area contributed by atoms with Gasteiger partial charge in [0.15, 0.2) is 15.7 Å². The number of hydrogen-bond donors (Lipinski definition) is 1. The minimum Gasteiger partial charge on any atom is -0.469 e. The average Bonchev–Trinajstić information content (AvgIpc) is 2.97. The lowest BCUT2D eigenvalue weighted by molar-refractivity contribution is 0.535. The number of anilines is 1. The van der Waals surface area contributed by atoms with Gasteiger partial charge < -0.3 is 9.32 Å². The monoisotopic (exact) mass is 282 g/mol. The van der Waals surface area contributed by atoms with Gasteiger partial charge in [0, 0.05) is 13.1 Å². The van der Waals surface area contributed by atoms with E-state index in [4.69, 9.17) is 4.42 Å². The van der Waals surface area contributed by atoms with Crippen LogP contribution in [0.15, 0.2) is 16.7 Å². The number of hydrogen-bond acceptors (Lipinski definition) is 6. The molecule has 3 rings (SSSR count). The van der Waals surface area contributed by atoms with Gasteiger partial charge in [-0.2, -0.15) is 4.98 Å². The van der Waals surface area contributed by atoms with Crippen molar-refractivity contribution in [3.63, 3.8) is 0 Å². The number of aryl methyl sites for hydroxylation is 1. The van der Waals surface area contributed by atoms with Crippen LogP contribution in [0.4, 0.5) is 5.95 Å². The topological polar surface area (TPSA) is 92.1 Å². The molecule has 2 aromatic rings. The Balaban J connectivity index is 1.81. The zero-order valence-corrected chi connectivity index (χ0v) is 11.3. The number of aromatic nitrogens is 3.